The summed E-state index contributed by atoms with van der Waals surface area (Å²) in [7, 11) is 0. The van der Waals surface area contributed by atoms with E-state index in [9.17, 15) is 9.90 Å². The Morgan fingerprint density at radius 3 is 2.73 bits per heavy atom. The molecule has 0 aromatic carbocycles. The molecule has 8 atom stereocenters. The molecule has 4 heteroatoms. The monoisotopic (exact) mass is 450 g/mol. The molecule has 1 amide bonds. The van der Waals surface area contributed by atoms with Crippen molar-refractivity contribution in [3.05, 3.63) is 36.2 Å². The van der Waals surface area contributed by atoms with E-state index in [-0.39, 0.29) is 12.0 Å². The van der Waals surface area contributed by atoms with E-state index < -0.39 is 0 Å². The van der Waals surface area contributed by atoms with Crippen molar-refractivity contribution in [2.45, 2.75) is 91.1 Å². The van der Waals surface area contributed by atoms with Crippen LogP contribution in [0, 0.1) is 40.4 Å². The highest BCUT2D eigenvalue weighted by atomic mass is 16.3. The smallest absolute Gasteiger partial charge is 0.224 e. The van der Waals surface area contributed by atoms with E-state index >= 15 is 0 Å². The van der Waals surface area contributed by atoms with E-state index in [1.165, 1.54) is 32.1 Å². The molecule has 0 saturated heterocycles. The Hall–Kier alpha value is -1.68. The summed E-state index contributed by atoms with van der Waals surface area (Å²) in [5.74, 6) is 3.84. The maximum absolute atomic E-state index is 12.5. The molecule has 33 heavy (non-hydrogen) atoms. The Balaban J connectivity index is 1.24. The lowest BCUT2D eigenvalue weighted by Crippen LogP contribution is -2.50. The molecule has 5 rings (SSSR count). The van der Waals surface area contributed by atoms with Crippen LogP contribution in [-0.4, -0.2) is 22.1 Å². The minimum absolute atomic E-state index is 0.119. The summed E-state index contributed by atoms with van der Waals surface area (Å²) in [5, 5.41) is 13.3. The highest BCUT2D eigenvalue weighted by molar-refractivity contribution is 5.90. The fourth-order valence-corrected chi connectivity index (χ4v) is 8.84. The highest BCUT2D eigenvalue weighted by Gasteiger charge is 2.59. The number of carbonyl (C=O) groups is 1. The van der Waals surface area contributed by atoms with Gasteiger partial charge in [0.1, 0.15) is 0 Å². The van der Waals surface area contributed by atoms with Gasteiger partial charge in [0.15, 0.2) is 0 Å². The molecule has 0 bridgehead atoms. The zero-order chi connectivity index (χ0) is 23.2. The van der Waals surface area contributed by atoms with Gasteiger partial charge in [-0.2, -0.15) is 0 Å². The van der Waals surface area contributed by atoms with Crippen molar-refractivity contribution in [3.63, 3.8) is 0 Å². The Bertz CT molecular complexity index is 898. The number of aliphatic hydroxyl groups is 1. The molecular weight excluding hydrogens is 408 g/mol. The van der Waals surface area contributed by atoms with E-state index in [2.05, 4.69) is 37.1 Å². The van der Waals surface area contributed by atoms with Crippen molar-refractivity contribution < 1.29 is 9.90 Å². The van der Waals surface area contributed by atoms with E-state index in [0.29, 0.717) is 23.2 Å². The lowest BCUT2D eigenvalue weighted by Gasteiger charge is -2.58. The second kappa shape index (κ2) is 8.83. The number of pyridine rings is 1. The van der Waals surface area contributed by atoms with Gasteiger partial charge in [-0.15, -0.1) is 0 Å². The van der Waals surface area contributed by atoms with Crippen LogP contribution in [0.25, 0.3) is 0 Å². The second-order valence-electron chi connectivity index (χ2n) is 12.2. The van der Waals surface area contributed by atoms with Gasteiger partial charge in [-0.1, -0.05) is 32.4 Å². The predicted molar refractivity (Wildman–Crippen MR) is 132 cm³/mol. The molecule has 3 fully saturated rings. The second-order valence-corrected chi connectivity index (χ2v) is 12.2. The van der Waals surface area contributed by atoms with Crippen LogP contribution in [0.15, 0.2) is 36.2 Å². The van der Waals surface area contributed by atoms with Crippen LogP contribution in [-0.2, 0) is 4.79 Å². The van der Waals surface area contributed by atoms with Crippen LogP contribution >= 0.6 is 0 Å². The quantitative estimate of drug-likeness (QED) is 0.512. The summed E-state index contributed by atoms with van der Waals surface area (Å²) in [6.45, 7) is 7.50. The molecule has 0 unspecified atom stereocenters. The van der Waals surface area contributed by atoms with Gasteiger partial charge in [0.2, 0.25) is 5.91 Å². The fraction of sp³-hybridized carbons (Fsp3) is 0.724. The number of fused-ring (bicyclic) bond motifs is 5. The van der Waals surface area contributed by atoms with Crippen LogP contribution in [0.2, 0.25) is 0 Å². The van der Waals surface area contributed by atoms with Crippen molar-refractivity contribution in [2.75, 3.05) is 5.32 Å². The van der Waals surface area contributed by atoms with Gasteiger partial charge in [-0.3, -0.25) is 9.78 Å². The minimum Gasteiger partial charge on any atom is -0.393 e. The van der Waals surface area contributed by atoms with Crippen LogP contribution in [0.4, 0.5) is 5.69 Å². The molecule has 180 valence electrons. The molecule has 0 aliphatic heterocycles. The Labute approximate surface area is 199 Å². The number of amides is 1. The van der Waals surface area contributed by atoms with Gasteiger partial charge in [-0.25, -0.2) is 0 Å². The average Bonchev–Trinajstić information content (AvgIpc) is 3.16. The van der Waals surface area contributed by atoms with Crippen molar-refractivity contribution in [2.24, 2.45) is 40.4 Å². The molecule has 4 aliphatic carbocycles. The normalized spacial score (nSPS) is 40.7. The van der Waals surface area contributed by atoms with Gasteiger partial charge in [0.05, 0.1) is 6.10 Å². The van der Waals surface area contributed by atoms with E-state index in [4.69, 9.17) is 0 Å². The SMILES string of the molecule is C[C@H](CCC(=O)Nc1ccncc1)[C@H]1CC[C@H]2[C@@H]3CC=C4C[C@@H](O)CC[C@]4(C)[C@H]3CC[C@]12C. The zero-order valence-corrected chi connectivity index (χ0v) is 20.7. The number of nitrogens with zero attached hydrogens (tertiary/aromatic N) is 1. The van der Waals surface area contributed by atoms with Gasteiger partial charge in [0, 0.05) is 24.5 Å². The molecular formula is C29H42N2O2. The van der Waals surface area contributed by atoms with Gasteiger partial charge < -0.3 is 10.4 Å². The average molecular weight is 451 g/mol. The maximum atomic E-state index is 12.5. The first kappa shape index (κ1) is 23.1. The molecule has 1 heterocycles. The highest BCUT2D eigenvalue weighted by Crippen LogP contribution is 2.67. The Kier molecular flexibility index (Phi) is 6.18. The lowest BCUT2D eigenvalue weighted by molar-refractivity contribution is -0.116. The number of aliphatic hydroxyl groups excluding tert-OH is 1. The molecule has 4 nitrogen and oxygen atoms in total. The summed E-state index contributed by atoms with van der Waals surface area (Å²) >= 11 is 0. The third-order valence-electron chi connectivity index (χ3n) is 10.6. The van der Waals surface area contributed by atoms with Crippen LogP contribution < -0.4 is 5.32 Å². The topological polar surface area (TPSA) is 62.2 Å². The molecule has 4 aliphatic rings. The van der Waals surface area contributed by atoms with Crippen molar-refractivity contribution >= 4 is 11.6 Å². The fourth-order valence-electron chi connectivity index (χ4n) is 8.84. The van der Waals surface area contributed by atoms with E-state index in [1.54, 1.807) is 18.0 Å². The van der Waals surface area contributed by atoms with Crippen molar-refractivity contribution in [1.29, 1.82) is 0 Å². The molecule has 1 aromatic rings. The number of aromatic nitrogens is 1. The summed E-state index contributed by atoms with van der Waals surface area (Å²) in [6.07, 6.45) is 17.0. The van der Waals surface area contributed by atoms with Crippen LogP contribution in [0.1, 0.15) is 85.0 Å². The third kappa shape index (κ3) is 4.07. The summed E-state index contributed by atoms with van der Waals surface area (Å²) in [6, 6.07) is 3.69. The summed E-state index contributed by atoms with van der Waals surface area (Å²) in [5.41, 5.74) is 3.13. The van der Waals surface area contributed by atoms with Crippen molar-refractivity contribution in [3.8, 4) is 0 Å². The molecule has 0 spiro atoms. The maximum Gasteiger partial charge on any atom is 0.224 e. The Morgan fingerprint density at radius 2 is 1.94 bits per heavy atom. The molecule has 2 N–H and O–H groups in total. The first-order valence-corrected chi connectivity index (χ1v) is 13.4. The largest absolute Gasteiger partial charge is 0.393 e. The number of nitrogens with one attached hydrogen (secondary N) is 1. The van der Waals surface area contributed by atoms with Crippen molar-refractivity contribution in [1.82, 2.24) is 4.98 Å². The van der Waals surface area contributed by atoms with E-state index in [1.807, 2.05) is 12.1 Å². The third-order valence-corrected chi connectivity index (χ3v) is 10.6. The number of hydrogen-bond acceptors (Lipinski definition) is 3. The first-order chi connectivity index (χ1) is 15.8. The Morgan fingerprint density at radius 1 is 1.15 bits per heavy atom. The minimum atomic E-state index is -0.123. The number of anilines is 1. The standard InChI is InChI=1S/C29H42N2O2/c1-19(4-9-27(33)31-21-12-16-30-17-13-21)24-7-8-25-23-6-5-20-18-22(32)10-14-28(20,2)26(23)11-15-29(24,25)3/h5,12-13,16-17,19,22-26,32H,4,6-11,14-15,18H2,1-3H3,(H,30,31,33)/t19-,22+,23+,24-,25+,26+,28+,29-/m1/s1. The molecule has 1 aromatic heterocycles. The predicted octanol–water partition coefficient (Wildman–Crippen LogP) is 6.38. The number of hydrogen-bond donors (Lipinski definition) is 2. The summed E-state index contributed by atoms with van der Waals surface area (Å²) < 4.78 is 0. The van der Waals surface area contributed by atoms with Gasteiger partial charge >= 0.3 is 0 Å². The van der Waals surface area contributed by atoms with Gasteiger partial charge in [-0.05, 0) is 110 Å². The van der Waals surface area contributed by atoms with E-state index in [0.717, 1.165) is 55.0 Å². The zero-order valence-electron chi connectivity index (χ0n) is 20.7. The first-order valence-electron chi connectivity index (χ1n) is 13.4. The van der Waals surface area contributed by atoms with Crippen LogP contribution in [0.5, 0.6) is 0 Å². The van der Waals surface area contributed by atoms with Gasteiger partial charge in [0.25, 0.3) is 0 Å². The molecule has 0 radical (unpaired) electrons. The summed E-state index contributed by atoms with van der Waals surface area (Å²) in [4.78, 5) is 16.5. The number of rotatable bonds is 5. The number of allylic oxidation sites excluding steroid dienone is 1. The van der Waals surface area contributed by atoms with Crippen LogP contribution in [0.3, 0.4) is 0 Å². The number of carbonyl (C=O) groups excluding carboxylic acids is 1. The molecule has 3 saturated carbocycles. The lowest BCUT2D eigenvalue weighted by atomic mass is 9.47.